The normalized spacial score (nSPS) is 27.7. The highest BCUT2D eigenvalue weighted by Crippen LogP contribution is 2.47. The largest absolute Gasteiger partial charge is 0.480 e. The number of hydrogen-bond donors (Lipinski definition) is 1. The summed E-state index contributed by atoms with van der Waals surface area (Å²) < 4.78 is 3.04. The van der Waals surface area contributed by atoms with Crippen LogP contribution < -0.4 is 0 Å². The molecule has 1 atom stereocenters. The molecule has 0 spiro atoms. The molecule has 1 aromatic rings. The Hall–Kier alpha value is -0.620. The average Bonchev–Trinajstić information content (AvgIpc) is 2.75. The number of carboxylic acid groups (broad SMARTS) is 1. The molecule has 6 heteroatoms. The van der Waals surface area contributed by atoms with Gasteiger partial charge in [0.25, 0.3) is 0 Å². The molecule has 1 unspecified atom stereocenters. The fraction of sp³-hybridized carbons (Fsp3) is 0.571. The Morgan fingerprint density at radius 2 is 2.54 bits per heavy atom. The zero-order chi connectivity index (χ0) is 9.31. The van der Waals surface area contributed by atoms with Crippen LogP contribution in [0.15, 0.2) is 6.33 Å². The van der Waals surface area contributed by atoms with Crippen molar-refractivity contribution in [1.29, 1.82) is 0 Å². The standard InChI is InChI=1S/C7H8N2O2S2/c10-6(11)7(2-1-3-12-7)5-8-4-9-13-5/h4H,1-3H2,(H,10,11). The zero-order valence-electron chi connectivity index (χ0n) is 6.77. The molecule has 2 heterocycles. The van der Waals surface area contributed by atoms with E-state index in [1.54, 1.807) is 0 Å². The Morgan fingerprint density at radius 1 is 1.69 bits per heavy atom. The van der Waals surface area contributed by atoms with Crippen LogP contribution in [0.3, 0.4) is 0 Å². The van der Waals surface area contributed by atoms with Crippen molar-refractivity contribution in [2.45, 2.75) is 17.6 Å². The molecule has 1 N–H and O–H groups in total. The van der Waals surface area contributed by atoms with Gasteiger partial charge in [0, 0.05) is 0 Å². The van der Waals surface area contributed by atoms with E-state index in [0.717, 1.165) is 12.2 Å². The van der Waals surface area contributed by atoms with E-state index in [9.17, 15) is 4.79 Å². The predicted molar refractivity (Wildman–Crippen MR) is 50.9 cm³/mol. The molecule has 0 aliphatic carbocycles. The average molecular weight is 216 g/mol. The predicted octanol–water partition coefficient (Wildman–Crippen LogP) is 1.35. The maximum atomic E-state index is 11.1. The fourth-order valence-corrected chi connectivity index (χ4v) is 3.56. The van der Waals surface area contributed by atoms with Crippen LogP contribution in [0.25, 0.3) is 0 Å². The Balaban J connectivity index is 2.39. The molecule has 0 amide bonds. The lowest BCUT2D eigenvalue weighted by Crippen LogP contribution is -2.29. The monoisotopic (exact) mass is 216 g/mol. The van der Waals surface area contributed by atoms with Crippen LogP contribution in [0, 0.1) is 0 Å². The summed E-state index contributed by atoms with van der Waals surface area (Å²) in [5.41, 5.74) is 0. The number of thioether (sulfide) groups is 1. The van der Waals surface area contributed by atoms with E-state index in [0.29, 0.717) is 11.4 Å². The zero-order valence-corrected chi connectivity index (χ0v) is 8.40. The van der Waals surface area contributed by atoms with Crippen LogP contribution in [0.2, 0.25) is 0 Å². The minimum absolute atomic E-state index is 0.627. The first-order valence-corrected chi connectivity index (χ1v) is 5.66. The third-order valence-electron chi connectivity index (χ3n) is 2.07. The Bertz CT molecular complexity index is 306. The van der Waals surface area contributed by atoms with Gasteiger partial charge in [-0.3, -0.25) is 4.79 Å². The summed E-state index contributed by atoms with van der Waals surface area (Å²) in [5.74, 6) is 0.109. The van der Waals surface area contributed by atoms with Crippen LogP contribution in [0.5, 0.6) is 0 Å². The first-order valence-electron chi connectivity index (χ1n) is 3.90. The topological polar surface area (TPSA) is 63.1 Å². The molecule has 0 radical (unpaired) electrons. The van der Waals surface area contributed by atoms with Gasteiger partial charge in [-0.2, -0.15) is 4.37 Å². The van der Waals surface area contributed by atoms with Crippen molar-refractivity contribution in [1.82, 2.24) is 9.36 Å². The highest BCUT2D eigenvalue weighted by molar-refractivity contribution is 8.01. The summed E-state index contributed by atoms with van der Waals surface area (Å²) in [6.45, 7) is 0. The second kappa shape index (κ2) is 3.26. The quantitative estimate of drug-likeness (QED) is 0.808. The summed E-state index contributed by atoms with van der Waals surface area (Å²) in [7, 11) is 0. The van der Waals surface area contributed by atoms with Gasteiger partial charge in [-0.1, -0.05) is 0 Å². The van der Waals surface area contributed by atoms with Crippen LogP contribution in [0.4, 0.5) is 0 Å². The molecule has 0 saturated carbocycles. The smallest absolute Gasteiger partial charge is 0.326 e. The summed E-state index contributed by atoms with van der Waals surface area (Å²) >= 11 is 2.65. The fourth-order valence-electron chi connectivity index (χ4n) is 1.42. The SMILES string of the molecule is O=C(O)C1(c2ncns2)CCCS1. The van der Waals surface area contributed by atoms with Crippen molar-refractivity contribution in [2.24, 2.45) is 0 Å². The van der Waals surface area contributed by atoms with E-state index in [4.69, 9.17) is 5.11 Å². The third-order valence-corrected chi connectivity index (χ3v) is 4.59. The van der Waals surface area contributed by atoms with Crippen molar-refractivity contribution in [2.75, 3.05) is 5.75 Å². The maximum Gasteiger partial charge on any atom is 0.326 e. The van der Waals surface area contributed by atoms with Gasteiger partial charge < -0.3 is 5.11 Å². The number of carboxylic acids is 1. The van der Waals surface area contributed by atoms with Crippen molar-refractivity contribution in [3.05, 3.63) is 11.3 Å². The van der Waals surface area contributed by atoms with Gasteiger partial charge in [0.1, 0.15) is 11.3 Å². The van der Waals surface area contributed by atoms with Crippen LogP contribution in [-0.4, -0.2) is 26.2 Å². The second-order valence-corrected chi connectivity index (χ2v) is 5.00. The molecule has 1 saturated heterocycles. The number of hydrogen-bond acceptors (Lipinski definition) is 5. The number of carbonyl (C=O) groups is 1. The highest BCUT2D eigenvalue weighted by Gasteiger charge is 2.46. The van der Waals surface area contributed by atoms with Gasteiger partial charge in [0.15, 0.2) is 4.75 Å². The summed E-state index contributed by atoms with van der Waals surface area (Å²) in [4.78, 5) is 15.1. The molecule has 2 rings (SSSR count). The van der Waals surface area contributed by atoms with E-state index in [1.165, 1.54) is 29.6 Å². The van der Waals surface area contributed by atoms with Gasteiger partial charge in [-0.25, -0.2) is 4.98 Å². The molecular formula is C7H8N2O2S2. The van der Waals surface area contributed by atoms with Crippen molar-refractivity contribution >= 4 is 29.3 Å². The van der Waals surface area contributed by atoms with Crippen LogP contribution in [0.1, 0.15) is 17.8 Å². The molecule has 13 heavy (non-hydrogen) atoms. The Kier molecular flexibility index (Phi) is 2.25. The van der Waals surface area contributed by atoms with Gasteiger partial charge in [-0.05, 0) is 30.1 Å². The summed E-state index contributed by atoms with van der Waals surface area (Å²) in [6, 6.07) is 0. The molecule has 70 valence electrons. The molecule has 1 aliphatic rings. The molecule has 0 aromatic carbocycles. The first-order chi connectivity index (χ1) is 6.26. The minimum atomic E-state index is -0.804. The Morgan fingerprint density at radius 3 is 3.00 bits per heavy atom. The van der Waals surface area contributed by atoms with Gasteiger partial charge >= 0.3 is 5.97 Å². The number of rotatable bonds is 2. The Labute approximate surface area is 83.5 Å². The molecule has 1 fully saturated rings. The summed E-state index contributed by atoms with van der Waals surface area (Å²) in [6.07, 6.45) is 3.03. The van der Waals surface area contributed by atoms with E-state index in [1.807, 2.05) is 0 Å². The molecule has 4 nitrogen and oxygen atoms in total. The second-order valence-electron chi connectivity index (χ2n) is 2.83. The lowest BCUT2D eigenvalue weighted by molar-refractivity contribution is -0.140. The van der Waals surface area contributed by atoms with Crippen molar-refractivity contribution < 1.29 is 9.90 Å². The lowest BCUT2D eigenvalue weighted by atomic mass is 10.0. The van der Waals surface area contributed by atoms with E-state index >= 15 is 0 Å². The highest BCUT2D eigenvalue weighted by atomic mass is 32.2. The summed E-state index contributed by atoms with van der Waals surface area (Å²) in [5, 5.41) is 9.78. The number of aliphatic carboxylic acids is 1. The van der Waals surface area contributed by atoms with Gasteiger partial charge in [-0.15, -0.1) is 11.8 Å². The minimum Gasteiger partial charge on any atom is -0.480 e. The van der Waals surface area contributed by atoms with Crippen molar-refractivity contribution in [3.63, 3.8) is 0 Å². The van der Waals surface area contributed by atoms with E-state index < -0.39 is 10.7 Å². The van der Waals surface area contributed by atoms with Crippen molar-refractivity contribution in [3.8, 4) is 0 Å². The first kappa shape index (κ1) is 8.96. The van der Waals surface area contributed by atoms with Crippen LogP contribution in [-0.2, 0) is 9.54 Å². The van der Waals surface area contributed by atoms with Crippen LogP contribution >= 0.6 is 23.3 Å². The molecular weight excluding hydrogens is 208 g/mol. The molecule has 1 aliphatic heterocycles. The van der Waals surface area contributed by atoms with E-state index in [2.05, 4.69) is 9.36 Å². The third kappa shape index (κ3) is 1.34. The number of nitrogens with zero attached hydrogens (tertiary/aromatic N) is 2. The van der Waals surface area contributed by atoms with Gasteiger partial charge in [0.2, 0.25) is 0 Å². The molecule has 1 aromatic heterocycles. The maximum absolute atomic E-state index is 11.1. The molecule has 0 bridgehead atoms. The van der Waals surface area contributed by atoms with Gasteiger partial charge in [0.05, 0.1) is 0 Å². The van der Waals surface area contributed by atoms with E-state index in [-0.39, 0.29) is 0 Å². The number of aromatic nitrogens is 2. The lowest BCUT2D eigenvalue weighted by Gasteiger charge is -2.18.